The van der Waals surface area contributed by atoms with E-state index in [9.17, 15) is 12.3 Å². The van der Waals surface area contributed by atoms with Gasteiger partial charge in [-0.15, -0.1) is 3.89 Å². The van der Waals surface area contributed by atoms with E-state index in [-0.39, 0.29) is 0 Å². The molecule has 0 N–H and O–H groups in total. The molecule has 80 valence electrons. The van der Waals surface area contributed by atoms with Gasteiger partial charge in [0.25, 0.3) is 0 Å². The van der Waals surface area contributed by atoms with E-state index in [4.69, 9.17) is 0 Å². The Morgan fingerprint density at radius 1 is 1.47 bits per heavy atom. The Hall–Kier alpha value is -1.43. The molecule has 0 aliphatic heterocycles. The first-order chi connectivity index (χ1) is 6.96. The van der Waals surface area contributed by atoms with Crippen molar-refractivity contribution in [2.45, 2.75) is 5.75 Å². The lowest BCUT2D eigenvalue weighted by Gasteiger charge is -1.98. The summed E-state index contributed by atoms with van der Waals surface area (Å²) in [5.74, 6) is -0.598. The first-order valence-corrected chi connectivity index (χ1v) is 5.83. The Balaban J connectivity index is 2.48. The van der Waals surface area contributed by atoms with Crippen molar-refractivity contribution >= 4 is 21.3 Å². The van der Waals surface area contributed by atoms with Gasteiger partial charge in [-0.1, -0.05) is 6.07 Å². The van der Waals surface area contributed by atoms with Gasteiger partial charge in [0.05, 0.1) is 17.4 Å². The molecule has 6 heteroatoms. The van der Waals surface area contributed by atoms with Crippen molar-refractivity contribution in [3.8, 4) is 0 Å². The van der Waals surface area contributed by atoms with Gasteiger partial charge >= 0.3 is 10.2 Å². The normalized spacial score (nSPS) is 12.1. The van der Waals surface area contributed by atoms with Crippen LogP contribution >= 0.6 is 0 Å². The zero-order chi connectivity index (χ0) is 11.1. The highest BCUT2D eigenvalue weighted by molar-refractivity contribution is 7.85. The highest BCUT2D eigenvalue weighted by Gasteiger charge is 2.10. The zero-order valence-corrected chi connectivity index (χ0v) is 8.83. The van der Waals surface area contributed by atoms with E-state index in [0.29, 0.717) is 11.1 Å². The van der Waals surface area contributed by atoms with Crippen molar-refractivity contribution in [1.29, 1.82) is 0 Å². The number of hydrogen-bond acceptors (Lipinski definition) is 3. The highest BCUT2D eigenvalue weighted by atomic mass is 32.3. The van der Waals surface area contributed by atoms with Gasteiger partial charge < -0.3 is 4.57 Å². The molecule has 0 unspecified atom stereocenters. The summed E-state index contributed by atoms with van der Waals surface area (Å²) in [6.07, 6.45) is 1.62. The number of benzene rings is 1. The second kappa shape index (κ2) is 3.30. The second-order valence-electron chi connectivity index (χ2n) is 3.36. The van der Waals surface area contributed by atoms with Crippen molar-refractivity contribution in [3.63, 3.8) is 0 Å². The summed E-state index contributed by atoms with van der Waals surface area (Å²) in [7, 11) is -2.64. The number of nitrogens with zero attached hydrogens (tertiary/aromatic N) is 2. The number of hydrogen-bond donors (Lipinski definition) is 0. The van der Waals surface area contributed by atoms with E-state index in [1.807, 2.05) is 11.6 Å². The van der Waals surface area contributed by atoms with Crippen LogP contribution in [0.5, 0.6) is 0 Å². The number of halogens is 1. The maximum absolute atomic E-state index is 12.4. The molecule has 1 aromatic carbocycles. The molecule has 2 aromatic rings. The van der Waals surface area contributed by atoms with Gasteiger partial charge in [-0.3, -0.25) is 0 Å². The quantitative estimate of drug-likeness (QED) is 0.729. The first kappa shape index (κ1) is 10.1. The van der Waals surface area contributed by atoms with Crippen LogP contribution in [0.4, 0.5) is 3.89 Å². The Kier molecular flexibility index (Phi) is 2.22. The lowest BCUT2D eigenvalue weighted by molar-refractivity contribution is 0.551. The summed E-state index contributed by atoms with van der Waals surface area (Å²) in [5, 5.41) is 0. The van der Waals surface area contributed by atoms with Crippen LogP contribution in [0.25, 0.3) is 11.0 Å². The van der Waals surface area contributed by atoms with Gasteiger partial charge in [-0.05, 0) is 17.7 Å². The van der Waals surface area contributed by atoms with Crippen LogP contribution in [0.3, 0.4) is 0 Å². The van der Waals surface area contributed by atoms with Crippen LogP contribution in [-0.2, 0) is 23.0 Å². The van der Waals surface area contributed by atoms with Crippen molar-refractivity contribution in [1.82, 2.24) is 9.55 Å². The fourth-order valence-electron chi connectivity index (χ4n) is 1.47. The molecule has 0 saturated heterocycles. The van der Waals surface area contributed by atoms with Crippen molar-refractivity contribution < 1.29 is 12.3 Å². The number of rotatable bonds is 2. The largest absolute Gasteiger partial charge is 0.334 e. The molecule has 0 bridgehead atoms. The summed E-state index contributed by atoms with van der Waals surface area (Å²) in [5.41, 5.74) is 1.96. The van der Waals surface area contributed by atoms with Crippen LogP contribution in [0.2, 0.25) is 0 Å². The lowest BCUT2D eigenvalue weighted by atomic mass is 10.2. The van der Waals surface area contributed by atoms with Crippen molar-refractivity contribution in [2.24, 2.45) is 7.05 Å². The SMILES string of the molecule is Cn1cnc2cc(CS(=O)(=O)F)ccc21. The smallest absolute Gasteiger partial charge is 0.306 e. The molecular formula is C9H9FN2O2S. The number of aryl methyl sites for hydroxylation is 1. The monoisotopic (exact) mass is 228 g/mol. The van der Waals surface area contributed by atoms with Crippen LogP contribution in [0, 0.1) is 0 Å². The van der Waals surface area contributed by atoms with Crippen LogP contribution in [0.1, 0.15) is 5.56 Å². The first-order valence-electron chi connectivity index (χ1n) is 4.28. The Bertz CT molecular complexity index is 604. The predicted molar refractivity (Wildman–Crippen MR) is 54.4 cm³/mol. The van der Waals surface area contributed by atoms with Crippen molar-refractivity contribution in [3.05, 3.63) is 30.1 Å². The van der Waals surface area contributed by atoms with Crippen LogP contribution in [-0.4, -0.2) is 18.0 Å². The van der Waals surface area contributed by atoms with E-state index < -0.39 is 16.0 Å². The van der Waals surface area contributed by atoms with Crippen LogP contribution in [0.15, 0.2) is 24.5 Å². The molecule has 1 aromatic heterocycles. The van der Waals surface area contributed by atoms with Gasteiger partial charge in [0, 0.05) is 7.05 Å². The van der Waals surface area contributed by atoms with E-state index >= 15 is 0 Å². The van der Waals surface area contributed by atoms with Gasteiger partial charge in [0.15, 0.2) is 0 Å². The van der Waals surface area contributed by atoms with Crippen LogP contribution < -0.4 is 0 Å². The predicted octanol–water partition coefficient (Wildman–Crippen LogP) is 1.37. The highest BCUT2D eigenvalue weighted by Crippen LogP contribution is 2.16. The van der Waals surface area contributed by atoms with Gasteiger partial charge in [0.1, 0.15) is 5.75 Å². The standard InChI is InChI=1S/C9H9FN2O2S/c1-12-6-11-8-4-7(2-3-9(8)12)5-15(10,13)14/h2-4,6H,5H2,1H3. The molecular weight excluding hydrogens is 219 g/mol. The maximum Gasteiger partial charge on any atom is 0.306 e. The number of fused-ring (bicyclic) bond motifs is 1. The second-order valence-corrected chi connectivity index (χ2v) is 4.73. The third-order valence-corrected chi connectivity index (χ3v) is 2.81. The van der Waals surface area contributed by atoms with E-state index in [1.54, 1.807) is 24.5 Å². The topological polar surface area (TPSA) is 52.0 Å². The van der Waals surface area contributed by atoms with E-state index in [0.717, 1.165) is 5.52 Å². The van der Waals surface area contributed by atoms with E-state index in [2.05, 4.69) is 4.98 Å². The fraction of sp³-hybridized carbons (Fsp3) is 0.222. The fourth-order valence-corrected chi connectivity index (χ4v) is 2.05. The summed E-state index contributed by atoms with van der Waals surface area (Å²) in [4.78, 5) is 4.05. The number of imidazole rings is 1. The molecule has 2 rings (SSSR count). The van der Waals surface area contributed by atoms with Crippen molar-refractivity contribution in [2.75, 3.05) is 0 Å². The molecule has 0 spiro atoms. The summed E-state index contributed by atoms with van der Waals surface area (Å²) in [6.45, 7) is 0. The third kappa shape index (κ3) is 2.15. The zero-order valence-electron chi connectivity index (χ0n) is 8.01. The minimum Gasteiger partial charge on any atom is -0.334 e. The molecule has 4 nitrogen and oxygen atoms in total. The molecule has 0 fully saturated rings. The lowest BCUT2D eigenvalue weighted by Crippen LogP contribution is -1.96. The van der Waals surface area contributed by atoms with Gasteiger partial charge in [-0.25, -0.2) is 4.98 Å². The molecule has 0 atom stereocenters. The summed E-state index contributed by atoms with van der Waals surface area (Å²) in [6, 6.07) is 4.89. The Morgan fingerprint density at radius 2 is 2.20 bits per heavy atom. The molecule has 15 heavy (non-hydrogen) atoms. The summed E-state index contributed by atoms with van der Waals surface area (Å²) < 4.78 is 35.1. The molecule has 0 saturated carbocycles. The Morgan fingerprint density at radius 3 is 2.87 bits per heavy atom. The molecule has 0 amide bonds. The molecule has 0 aliphatic rings. The maximum atomic E-state index is 12.4. The molecule has 0 radical (unpaired) electrons. The average Bonchev–Trinajstić information content (AvgIpc) is 2.45. The van der Waals surface area contributed by atoms with Gasteiger partial charge in [-0.2, -0.15) is 8.42 Å². The minimum absolute atomic E-state index is 0.406. The summed E-state index contributed by atoms with van der Waals surface area (Å²) >= 11 is 0. The van der Waals surface area contributed by atoms with E-state index in [1.165, 1.54) is 0 Å². The minimum atomic E-state index is -4.47. The molecule has 1 heterocycles. The molecule has 0 aliphatic carbocycles. The average molecular weight is 228 g/mol. The number of aromatic nitrogens is 2. The third-order valence-electron chi connectivity index (χ3n) is 2.13. The Labute approximate surface area is 86.6 Å². The van der Waals surface area contributed by atoms with Gasteiger partial charge in [0.2, 0.25) is 0 Å².